The lowest BCUT2D eigenvalue weighted by Crippen LogP contribution is -2.34. The first kappa shape index (κ1) is 19.2. The van der Waals surface area contributed by atoms with Gasteiger partial charge in [-0.15, -0.1) is 0 Å². The molecule has 0 atom stereocenters. The number of hydrogen-bond donors (Lipinski definition) is 1. The molecule has 5 heteroatoms. The summed E-state index contributed by atoms with van der Waals surface area (Å²) in [6.07, 6.45) is 14.2. The van der Waals surface area contributed by atoms with Gasteiger partial charge in [0.2, 0.25) is 5.88 Å². The molecule has 0 unspecified atom stereocenters. The fraction of sp³-hybridized carbons (Fsp3) is 0.714. The molecule has 2 aliphatic rings. The lowest BCUT2D eigenvalue weighted by Gasteiger charge is -2.26. The van der Waals surface area contributed by atoms with Crippen LogP contribution in [0, 0.1) is 5.92 Å². The number of aromatic nitrogens is 1. The quantitative estimate of drug-likeness (QED) is 0.743. The molecule has 1 aromatic heterocycles. The Balaban J connectivity index is 1.32. The number of pyridine rings is 1. The van der Waals surface area contributed by atoms with Crippen molar-refractivity contribution in [2.24, 2.45) is 5.92 Å². The van der Waals surface area contributed by atoms with Crippen molar-refractivity contribution in [2.45, 2.75) is 64.2 Å². The minimum atomic E-state index is -0.406. The zero-order valence-corrected chi connectivity index (χ0v) is 15.9. The predicted octanol–water partition coefficient (Wildman–Crippen LogP) is 4.17. The number of carbonyl (C=O) groups is 1. The van der Waals surface area contributed by atoms with Crippen LogP contribution in [0.15, 0.2) is 18.3 Å². The Bertz CT molecular complexity index is 535. The zero-order chi connectivity index (χ0) is 18.0. The molecule has 2 heterocycles. The molecule has 0 spiro atoms. The van der Waals surface area contributed by atoms with Gasteiger partial charge in [0.05, 0.1) is 0 Å². The van der Waals surface area contributed by atoms with E-state index in [1.807, 2.05) is 18.3 Å². The molecule has 1 aliphatic heterocycles. The largest absolute Gasteiger partial charge is 0.413 e. The average molecular weight is 360 g/mol. The summed E-state index contributed by atoms with van der Waals surface area (Å²) in [6.45, 7) is 4.09. The fourth-order valence-corrected chi connectivity index (χ4v) is 4.12. The second kappa shape index (κ2) is 10.5. The van der Waals surface area contributed by atoms with Crippen LogP contribution in [0.25, 0.3) is 0 Å². The van der Waals surface area contributed by atoms with Gasteiger partial charge in [-0.3, -0.25) is 0 Å². The smallest absolute Gasteiger partial charge is 0.391 e. The standard InChI is InChI=1S/C21H33N3O2/c25-21(22-12-7-15-24-13-5-2-6-14-24)26-20-11-10-19(17-23-20)16-18-8-3-1-4-9-18/h10-11,17-18H,1-9,12-16H2,(H,22,25). The molecule has 1 aromatic rings. The highest BCUT2D eigenvalue weighted by molar-refractivity contribution is 5.69. The van der Waals surface area contributed by atoms with E-state index in [0.717, 1.165) is 25.3 Å². The van der Waals surface area contributed by atoms with Crippen molar-refractivity contribution in [2.75, 3.05) is 26.2 Å². The number of carbonyl (C=O) groups excluding carboxylic acids is 1. The van der Waals surface area contributed by atoms with Gasteiger partial charge in [-0.05, 0) is 56.8 Å². The third-order valence-corrected chi connectivity index (χ3v) is 5.61. The number of rotatable bonds is 7. The van der Waals surface area contributed by atoms with E-state index in [1.54, 1.807) is 0 Å². The highest BCUT2D eigenvalue weighted by Gasteiger charge is 2.14. The maximum atomic E-state index is 11.9. The molecule has 144 valence electrons. The van der Waals surface area contributed by atoms with Gasteiger partial charge >= 0.3 is 6.09 Å². The van der Waals surface area contributed by atoms with Crippen LogP contribution >= 0.6 is 0 Å². The van der Waals surface area contributed by atoms with Crippen LogP contribution in [0.4, 0.5) is 4.79 Å². The molecule has 1 saturated carbocycles. The van der Waals surface area contributed by atoms with E-state index in [4.69, 9.17) is 4.74 Å². The van der Waals surface area contributed by atoms with Crippen LogP contribution in [0.1, 0.15) is 63.4 Å². The minimum absolute atomic E-state index is 0.380. The van der Waals surface area contributed by atoms with E-state index in [-0.39, 0.29) is 0 Å². The first-order valence-corrected chi connectivity index (χ1v) is 10.4. The monoisotopic (exact) mass is 359 g/mol. The van der Waals surface area contributed by atoms with Crippen LogP contribution in [0.5, 0.6) is 5.88 Å². The molecule has 0 aromatic carbocycles. The van der Waals surface area contributed by atoms with Gasteiger partial charge in [-0.2, -0.15) is 0 Å². The molecular formula is C21H33N3O2. The normalized spacial score (nSPS) is 19.2. The summed E-state index contributed by atoms with van der Waals surface area (Å²) in [5.41, 5.74) is 1.24. The fourth-order valence-electron chi connectivity index (χ4n) is 4.12. The molecule has 0 radical (unpaired) electrons. The Morgan fingerprint density at radius 3 is 2.62 bits per heavy atom. The Hall–Kier alpha value is -1.62. The molecule has 1 aliphatic carbocycles. The summed E-state index contributed by atoms with van der Waals surface area (Å²) in [7, 11) is 0. The van der Waals surface area contributed by atoms with Gasteiger partial charge in [0.25, 0.3) is 0 Å². The minimum Gasteiger partial charge on any atom is -0.391 e. The van der Waals surface area contributed by atoms with Gasteiger partial charge in [-0.1, -0.05) is 44.6 Å². The van der Waals surface area contributed by atoms with Crippen molar-refractivity contribution >= 4 is 6.09 Å². The maximum Gasteiger partial charge on any atom is 0.413 e. The molecule has 2 fully saturated rings. The molecule has 26 heavy (non-hydrogen) atoms. The molecule has 1 N–H and O–H groups in total. The van der Waals surface area contributed by atoms with Crippen LogP contribution in [0.2, 0.25) is 0 Å². The summed E-state index contributed by atoms with van der Waals surface area (Å²) in [4.78, 5) is 18.6. The Morgan fingerprint density at radius 1 is 1.12 bits per heavy atom. The molecule has 1 saturated heterocycles. The van der Waals surface area contributed by atoms with Crippen molar-refractivity contribution in [1.29, 1.82) is 0 Å². The van der Waals surface area contributed by atoms with E-state index in [2.05, 4.69) is 15.2 Å². The summed E-state index contributed by atoms with van der Waals surface area (Å²) < 4.78 is 5.28. The zero-order valence-electron chi connectivity index (χ0n) is 15.9. The van der Waals surface area contributed by atoms with Gasteiger partial charge in [-0.25, -0.2) is 9.78 Å². The summed E-state index contributed by atoms with van der Waals surface area (Å²) in [6, 6.07) is 3.85. The van der Waals surface area contributed by atoms with Gasteiger partial charge in [0, 0.05) is 18.8 Å². The number of nitrogens with one attached hydrogen (secondary N) is 1. The second-order valence-corrected chi connectivity index (χ2v) is 7.78. The predicted molar refractivity (Wildman–Crippen MR) is 103 cm³/mol. The van der Waals surface area contributed by atoms with Crippen molar-refractivity contribution in [3.05, 3.63) is 23.9 Å². The number of hydrogen-bond acceptors (Lipinski definition) is 4. The topological polar surface area (TPSA) is 54.5 Å². The molecular weight excluding hydrogens is 326 g/mol. The van der Waals surface area contributed by atoms with E-state index in [1.165, 1.54) is 70.0 Å². The molecule has 1 amide bonds. The third kappa shape index (κ3) is 6.60. The van der Waals surface area contributed by atoms with E-state index in [9.17, 15) is 4.79 Å². The highest BCUT2D eigenvalue weighted by atomic mass is 16.6. The Labute approximate surface area is 157 Å². The lowest BCUT2D eigenvalue weighted by molar-refractivity contribution is 0.195. The van der Waals surface area contributed by atoms with Crippen molar-refractivity contribution in [1.82, 2.24) is 15.2 Å². The number of piperidine rings is 1. The number of likely N-dealkylation sites (tertiary alicyclic amines) is 1. The number of ether oxygens (including phenoxy) is 1. The first-order chi connectivity index (χ1) is 12.8. The van der Waals surface area contributed by atoms with Crippen molar-refractivity contribution in [3.8, 4) is 5.88 Å². The number of nitrogens with zero attached hydrogens (tertiary/aromatic N) is 2. The Morgan fingerprint density at radius 2 is 1.88 bits per heavy atom. The molecule has 0 bridgehead atoms. The summed E-state index contributed by atoms with van der Waals surface area (Å²) in [5.74, 6) is 1.17. The molecule has 5 nitrogen and oxygen atoms in total. The van der Waals surface area contributed by atoms with Crippen molar-refractivity contribution < 1.29 is 9.53 Å². The van der Waals surface area contributed by atoms with Crippen LogP contribution in [0.3, 0.4) is 0 Å². The van der Waals surface area contributed by atoms with Crippen molar-refractivity contribution in [3.63, 3.8) is 0 Å². The SMILES string of the molecule is O=C(NCCCN1CCCCC1)Oc1ccc(CC2CCCCC2)cn1. The average Bonchev–Trinajstić information content (AvgIpc) is 2.68. The number of amides is 1. The van der Waals surface area contributed by atoms with E-state index in [0.29, 0.717) is 12.4 Å². The van der Waals surface area contributed by atoms with Crippen LogP contribution in [-0.2, 0) is 6.42 Å². The van der Waals surface area contributed by atoms with Gasteiger partial charge in [0.15, 0.2) is 0 Å². The van der Waals surface area contributed by atoms with E-state index < -0.39 is 6.09 Å². The van der Waals surface area contributed by atoms with Crippen LogP contribution < -0.4 is 10.1 Å². The Kier molecular flexibility index (Phi) is 7.74. The van der Waals surface area contributed by atoms with Gasteiger partial charge in [0.1, 0.15) is 0 Å². The third-order valence-electron chi connectivity index (χ3n) is 5.61. The maximum absolute atomic E-state index is 11.9. The van der Waals surface area contributed by atoms with Crippen LogP contribution in [-0.4, -0.2) is 42.2 Å². The highest BCUT2D eigenvalue weighted by Crippen LogP contribution is 2.26. The summed E-state index contributed by atoms with van der Waals surface area (Å²) >= 11 is 0. The van der Waals surface area contributed by atoms with E-state index >= 15 is 0 Å². The first-order valence-electron chi connectivity index (χ1n) is 10.4. The second-order valence-electron chi connectivity index (χ2n) is 7.78. The van der Waals surface area contributed by atoms with Gasteiger partial charge < -0.3 is 15.0 Å². The molecule has 3 rings (SSSR count). The summed E-state index contributed by atoms with van der Waals surface area (Å²) in [5, 5.41) is 2.82. The lowest BCUT2D eigenvalue weighted by atomic mass is 9.85.